The molecule has 7 nitrogen and oxygen atoms in total. The number of hydrogen-bond donors (Lipinski definition) is 2. The molecule has 1 saturated heterocycles. The lowest BCUT2D eigenvalue weighted by Crippen LogP contribution is -2.31. The van der Waals surface area contributed by atoms with Gasteiger partial charge in [0.2, 0.25) is 0 Å². The monoisotopic (exact) mass is 483 g/mol. The van der Waals surface area contributed by atoms with Crippen LogP contribution >= 0.6 is 0 Å². The molecule has 1 aliphatic rings. The van der Waals surface area contributed by atoms with Crippen LogP contribution in [0.5, 0.6) is 5.75 Å². The molecule has 4 rings (SSSR count). The average Bonchev–Trinajstić information content (AvgIpc) is 3.35. The van der Waals surface area contributed by atoms with Crippen molar-refractivity contribution in [2.75, 3.05) is 25.9 Å². The first-order chi connectivity index (χ1) is 17.4. The Bertz CT molecular complexity index is 1310. The van der Waals surface area contributed by atoms with E-state index in [0.717, 1.165) is 38.4 Å². The minimum Gasteiger partial charge on any atom is -0.485 e. The van der Waals surface area contributed by atoms with Gasteiger partial charge in [-0.3, -0.25) is 4.68 Å². The molecule has 35 heavy (non-hydrogen) atoms. The smallest absolute Gasteiger partial charge is 0.277 e. The molecule has 2 aromatic heterocycles. The van der Waals surface area contributed by atoms with E-state index in [-0.39, 0.29) is 22.7 Å². The first-order valence-corrected chi connectivity index (χ1v) is 11.3. The highest BCUT2D eigenvalue weighted by Crippen LogP contribution is 2.29. The van der Waals surface area contributed by atoms with Gasteiger partial charge in [0.05, 0.1) is 15.0 Å². The van der Waals surface area contributed by atoms with Crippen molar-refractivity contribution in [3.63, 3.8) is 0 Å². The molecule has 1 atom stereocenters. The van der Waals surface area contributed by atoms with Crippen molar-refractivity contribution in [3.05, 3.63) is 60.0 Å². The zero-order valence-corrected chi connectivity index (χ0v) is 19.6. The lowest BCUT2D eigenvalue weighted by atomic mass is 10.1. The van der Waals surface area contributed by atoms with Gasteiger partial charge in [-0.05, 0) is 63.7 Å². The number of hydrogen-bond acceptors (Lipinski definition) is 6. The number of alkyl halides is 2. The van der Waals surface area contributed by atoms with Gasteiger partial charge >= 0.3 is 0 Å². The second-order valence-electron chi connectivity index (χ2n) is 8.83. The maximum absolute atomic E-state index is 12.9. The quantitative estimate of drug-likeness (QED) is 0.520. The van der Waals surface area contributed by atoms with Gasteiger partial charge < -0.3 is 20.5 Å². The molecule has 1 aromatic carbocycles. The normalized spacial score (nSPS) is 17.8. The summed E-state index contributed by atoms with van der Waals surface area (Å²) in [6, 6.07) is 7.82. The third kappa shape index (κ3) is 6.15. The summed E-state index contributed by atoms with van der Waals surface area (Å²) in [4.78, 5) is 6.47. The van der Waals surface area contributed by atoms with E-state index in [1.165, 1.54) is 24.3 Å². The Morgan fingerprint density at radius 1 is 1.29 bits per heavy atom. The summed E-state index contributed by atoms with van der Waals surface area (Å²) in [6.07, 6.45) is 4.24. The molecule has 3 heterocycles. The van der Waals surface area contributed by atoms with E-state index in [1.54, 1.807) is 18.5 Å². The van der Waals surface area contributed by atoms with Crippen LogP contribution in [0, 0.1) is 11.8 Å². The highest BCUT2D eigenvalue weighted by Gasteiger charge is 2.29. The predicted octanol–water partition coefficient (Wildman–Crippen LogP) is 3.74. The van der Waals surface area contributed by atoms with E-state index in [4.69, 9.17) is 13.2 Å². The summed E-state index contributed by atoms with van der Waals surface area (Å²) in [5, 5.41) is 14.2. The molecule has 1 fully saturated rings. The molecule has 0 saturated carbocycles. The minimum atomic E-state index is -3.04. The number of nitrogens with zero attached hydrogens (tertiary/aromatic N) is 4. The number of anilines is 1. The van der Waals surface area contributed by atoms with E-state index in [1.807, 2.05) is 10.9 Å². The summed E-state index contributed by atoms with van der Waals surface area (Å²) < 4.78 is 50.3. The van der Waals surface area contributed by atoms with Crippen molar-refractivity contribution in [1.29, 1.82) is 0 Å². The van der Waals surface area contributed by atoms with Crippen molar-refractivity contribution in [2.24, 2.45) is 0 Å². The van der Waals surface area contributed by atoms with Crippen LogP contribution in [0.4, 0.5) is 14.6 Å². The zero-order chi connectivity index (χ0) is 26.8. The second kappa shape index (κ2) is 10.4. The lowest BCUT2D eigenvalue weighted by Gasteiger charge is -2.28. The topological polar surface area (TPSA) is 89.4 Å². The van der Waals surface area contributed by atoms with E-state index in [9.17, 15) is 13.9 Å². The summed E-state index contributed by atoms with van der Waals surface area (Å²) in [5.74, 6) is 4.64. The fraction of sp³-hybridized carbons (Fsp3) is 0.385. The first kappa shape index (κ1) is 22.0. The average molecular weight is 484 g/mol. The number of halogens is 2. The molecule has 1 aliphatic heterocycles. The zero-order valence-electron chi connectivity index (χ0n) is 21.6. The molecular weight excluding hydrogens is 452 g/mol. The summed E-state index contributed by atoms with van der Waals surface area (Å²) >= 11 is 0. The Balaban J connectivity index is 1.54. The minimum absolute atomic E-state index is 0.0132. The standard InChI is InChI=1S/C26H29F2N5O2/c1-26(34,25(27)28)9-6-18-4-3-5-19(12-18)17-35-23-13-20(14-30-24(23)29)21-15-31-33(16-21)22-7-10-32(2)11-8-22/h3-5,12-16,22,25,34H,7-8,10-11,17H2,1-2H3,(H2,29,30)/i17D2. The Labute approximate surface area is 206 Å². The van der Waals surface area contributed by atoms with E-state index < -0.39 is 18.6 Å². The van der Waals surface area contributed by atoms with E-state index in [2.05, 4.69) is 33.9 Å². The maximum atomic E-state index is 12.9. The highest BCUT2D eigenvalue weighted by molar-refractivity contribution is 5.65. The number of ether oxygens (including phenoxy) is 1. The summed E-state index contributed by atoms with van der Waals surface area (Å²) in [6.45, 7) is 0.593. The molecule has 0 amide bonds. The van der Waals surface area contributed by atoms with E-state index >= 15 is 0 Å². The molecule has 3 N–H and O–H groups in total. The Hall–Kier alpha value is -3.48. The van der Waals surface area contributed by atoms with Gasteiger partial charge in [-0.25, -0.2) is 13.8 Å². The van der Waals surface area contributed by atoms with Crippen molar-refractivity contribution in [1.82, 2.24) is 19.7 Å². The van der Waals surface area contributed by atoms with Crippen molar-refractivity contribution >= 4 is 5.82 Å². The number of piperidine rings is 1. The number of likely N-dealkylation sites (tertiary alicyclic amines) is 1. The van der Waals surface area contributed by atoms with Crippen LogP contribution in [0.15, 0.2) is 48.9 Å². The number of benzene rings is 1. The van der Waals surface area contributed by atoms with Crippen LogP contribution in [-0.4, -0.2) is 56.9 Å². The van der Waals surface area contributed by atoms with E-state index in [0.29, 0.717) is 11.6 Å². The highest BCUT2D eigenvalue weighted by atomic mass is 19.3. The van der Waals surface area contributed by atoms with Gasteiger partial charge in [0.15, 0.2) is 17.2 Å². The molecule has 0 spiro atoms. The largest absolute Gasteiger partial charge is 0.485 e. The van der Waals surface area contributed by atoms with Gasteiger partial charge in [-0.1, -0.05) is 24.0 Å². The van der Waals surface area contributed by atoms with Crippen molar-refractivity contribution < 1.29 is 21.4 Å². The fourth-order valence-electron chi connectivity index (χ4n) is 3.67. The second-order valence-corrected chi connectivity index (χ2v) is 8.83. The van der Waals surface area contributed by atoms with Crippen molar-refractivity contribution in [2.45, 2.75) is 44.4 Å². The number of nitrogen functional groups attached to an aromatic ring is 1. The van der Waals surface area contributed by atoms with Gasteiger partial charge in [-0.15, -0.1) is 0 Å². The lowest BCUT2D eigenvalue weighted by molar-refractivity contribution is -0.0418. The number of aromatic nitrogens is 3. The number of pyridine rings is 1. The molecule has 184 valence electrons. The van der Waals surface area contributed by atoms with Crippen LogP contribution in [0.3, 0.4) is 0 Å². The van der Waals surface area contributed by atoms with Crippen LogP contribution in [0.1, 0.15) is 39.7 Å². The Morgan fingerprint density at radius 3 is 2.80 bits per heavy atom. The number of rotatable bonds is 6. The third-order valence-corrected chi connectivity index (χ3v) is 5.91. The van der Waals surface area contributed by atoms with Crippen molar-refractivity contribution in [3.8, 4) is 28.7 Å². The summed E-state index contributed by atoms with van der Waals surface area (Å²) in [7, 11) is 2.10. The summed E-state index contributed by atoms with van der Waals surface area (Å²) in [5.41, 5.74) is 5.33. The molecule has 1 unspecified atom stereocenters. The molecule has 9 heteroatoms. The van der Waals surface area contributed by atoms with Gasteiger partial charge in [0.1, 0.15) is 6.56 Å². The molecular formula is C26H29F2N5O2. The van der Waals surface area contributed by atoms with Gasteiger partial charge in [0, 0.05) is 29.1 Å². The Morgan fingerprint density at radius 2 is 2.06 bits per heavy atom. The molecule has 0 radical (unpaired) electrons. The van der Waals surface area contributed by atoms with Crippen LogP contribution < -0.4 is 10.5 Å². The van der Waals surface area contributed by atoms with Crippen LogP contribution in [0.25, 0.3) is 11.1 Å². The Kier molecular flexibility index (Phi) is 6.55. The SMILES string of the molecule is [2H]C([2H])(Oc1cc(-c2cnn(C3CCN(C)CC3)c2)cnc1N)c1cccc(C#CC(C)(O)C(F)F)c1. The number of aliphatic hydroxyl groups is 1. The molecule has 0 bridgehead atoms. The van der Waals surface area contributed by atoms with Gasteiger partial charge in [-0.2, -0.15) is 5.10 Å². The predicted molar refractivity (Wildman–Crippen MR) is 130 cm³/mol. The fourth-order valence-corrected chi connectivity index (χ4v) is 3.67. The van der Waals surface area contributed by atoms with Crippen LogP contribution in [-0.2, 0) is 6.56 Å². The molecule has 3 aromatic rings. The number of nitrogens with two attached hydrogens (primary N) is 1. The first-order valence-electron chi connectivity index (χ1n) is 12.3. The maximum Gasteiger partial charge on any atom is 0.277 e. The molecule has 0 aliphatic carbocycles. The van der Waals surface area contributed by atoms with Gasteiger partial charge in [0.25, 0.3) is 6.43 Å². The third-order valence-electron chi connectivity index (χ3n) is 5.91. The van der Waals surface area contributed by atoms with Crippen LogP contribution in [0.2, 0.25) is 0 Å².